The molecule has 2 heterocycles. The zero-order valence-electron chi connectivity index (χ0n) is 16.5. The number of rotatable bonds is 9. The van der Waals surface area contributed by atoms with Gasteiger partial charge >= 0.3 is 0 Å². The quantitative estimate of drug-likeness (QED) is 0.668. The van der Waals surface area contributed by atoms with Crippen LogP contribution in [0.3, 0.4) is 0 Å². The van der Waals surface area contributed by atoms with E-state index in [9.17, 15) is 0 Å². The first kappa shape index (κ1) is 20.0. The average Bonchev–Trinajstić information content (AvgIpc) is 2.74. The number of nitrogens with one attached hydrogen (secondary N) is 2. The molecule has 0 aliphatic carbocycles. The molecule has 0 saturated carbocycles. The molecule has 1 aliphatic heterocycles. The summed E-state index contributed by atoms with van der Waals surface area (Å²) in [5.74, 6) is 2.93. The molecule has 0 bridgehead atoms. The van der Waals surface area contributed by atoms with E-state index in [4.69, 9.17) is 18.9 Å². The van der Waals surface area contributed by atoms with Crippen LogP contribution in [0.15, 0.2) is 24.4 Å². The van der Waals surface area contributed by atoms with Crippen molar-refractivity contribution in [2.45, 2.75) is 0 Å². The van der Waals surface area contributed by atoms with Crippen molar-refractivity contribution < 1.29 is 18.9 Å². The number of hydrogen-bond acceptors (Lipinski definition) is 9. The number of nitrogens with zero attached hydrogens (tertiary/aromatic N) is 3. The van der Waals surface area contributed by atoms with E-state index in [0.29, 0.717) is 29.0 Å². The van der Waals surface area contributed by atoms with Crippen molar-refractivity contribution in [3.05, 3.63) is 24.4 Å². The maximum atomic E-state index is 5.39. The van der Waals surface area contributed by atoms with Crippen LogP contribution in [0.25, 0.3) is 0 Å². The van der Waals surface area contributed by atoms with Gasteiger partial charge < -0.3 is 29.6 Å². The third kappa shape index (κ3) is 5.14. The molecule has 28 heavy (non-hydrogen) atoms. The van der Waals surface area contributed by atoms with E-state index in [0.717, 1.165) is 45.1 Å². The van der Waals surface area contributed by atoms with Crippen molar-refractivity contribution in [1.29, 1.82) is 0 Å². The fraction of sp³-hybridized carbons (Fsp3) is 0.474. The number of ether oxygens (including phenoxy) is 4. The van der Waals surface area contributed by atoms with E-state index in [-0.39, 0.29) is 0 Å². The number of methoxy groups -OCH3 is 3. The van der Waals surface area contributed by atoms with Gasteiger partial charge in [-0.15, -0.1) is 0 Å². The van der Waals surface area contributed by atoms with Gasteiger partial charge in [0, 0.05) is 50.2 Å². The van der Waals surface area contributed by atoms with Crippen LogP contribution in [0.2, 0.25) is 0 Å². The van der Waals surface area contributed by atoms with Gasteiger partial charge in [-0.3, -0.25) is 4.90 Å². The second-order valence-corrected chi connectivity index (χ2v) is 6.19. The van der Waals surface area contributed by atoms with Gasteiger partial charge in [-0.05, 0) is 6.07 Å². The zero-order chi connectivity index (χ0) is 19.8. The van der Waals surface area contributed by atoms with Gasteiger partial charge in [0.2, 0.25) is 11.7 Å². The standard InChI is InChI=1S/C19H27N5O4/c1-25-15-12-14(13-16(26-2)18(15)27-3)22-17-4-5-20-19(23-17)21-6-7-24-8-10-28-11-9-24/h4-5,12-13H,6-11H2,1-3H3,(H2,20,21,22,23). The normalized spacial score (nSPS) is 14.4. The molecule has 1 aromatic carbocycles. The van der Waals surface area contributed by atoms with Gasteiger partial charge in [-0.25, -0.2) is 4.98 Å². The topological polar surface area (TPSA) is 90.0 Å². The maximum absolute atomic E-state index is 5.39. The van der Waals surface area contributed by atoms with Crippen molar-refractivity contribution in [2.75, 3.05) is 71.4 Å². The third-order valence-corrected chi connectivity index (χ3v) is 4.41. The predicted molar refractivity (Wildman–Crippen MR) is 107 cm³/mol. The molecule has 0 amide bonds. The first-order valence-corrected chi connectivity index (χ1v) is 9.17. The molecule has 1 saturated heterocycles. The van der Waals surface area contributed by atoms with Crippen molar-refractivity contribution in [2.24, 2.45) is 0 Å². The summed E-state index contributed by atoms with van der Waals surface area (Å²) in [6.07, 6.45) is 1.71. The molecule has 1 aliphatic rings. The summed E-state index contributed by atoms with van der Waals surface area (Å²) in [6.45, 7) is 5.22. The monoisotopic (exact) mass is 389 g/mol. The summed E-state index contributed by atoms with van der Waals surface area (Å²) in [7, 11) is 4.75. The highest BCUT2D eigenvalue weighted by Crippen LogP contribution is 2.40. The molecule has 2 aromatic rings. The molecular formula is C19H27N5O4. The minimum absolute atomic E-state index is 0.545. The second kappa shape index (κ2) is 9.95. The van der Waals surface area contributed by atoms with Gasteiger partial charge in [0.05, 0.1) is 34.5 Å². The number of morpholine rings is 1. The number of aromatic nitrogens is 2. The van der Waals surface area contributed by atoms with Crippen LogP contribution in [-0.4, -0.2) is 75.6 Å². The average molecular weight is 389 g/mol. The summed E-state index contributed by atoms with van der Waals surface area (Å²) >= 11 is 0. The van der Waals surface area contributed by atoms with E-state index in [1.165, 1.54) is 0 Å². The van der Waals surface area contributed by atoms with Gasteiger partial charge in [0.25, 0.3) is 0 Å². The highest BCUT2D eigenvalue weighted by Gasteiger charge is 2.14. The Morgan fingerprint density at radius 3 is 2.43 bits per heavy atom. The van der Waals surface area contributed by atoms with E-state index >= 15 is 0 Å². The molecule has 1 aromatic heterocycles. The Kier molecular flexibility index (Phi) is 7.10. The Morgan fingerprint density at radius 2 is 1.79 bits per heavy atom. The number of benzene rings is 1. The molecule has 0 radical (unpaired) electrons. The summed E-state index contributed by atoms with van der Waals surface area (Å²) in [4.78, 5) is 11.2. The van der Waals surface area contributed by atoms with Crippen molar-refractivity contribution in [1.82, 2.24) is 14.9 Å². The summed E-state index contributed by atoms with van der Waals surface area (Å²) < 4.78 is 21.5. The van der Waals surface area contributed by atoms with Gasteiger partial charge in [0.1, 0.15) is 5.82 Å². The molecule has 1 fully saturated rings. The fourth-order valence-electron chi connectivity index (χ4n) is 2.97. The lowest BCUT2D eigenvalue weighted by molar-refractivity contribution is 0.0398. The molecule has 9 nitrogen and oxygen atoms in total. The van der Waals surface area contributed by atoms with Crippen LogP contribution < -0.4 is 24.8 Å². The first-order chi connectivity index (χ1) is 13.7. The summed E-state index contributed by atoms with van der Waals surface area (Å²) in [5.41, 5.74) is 0.771. The third-order valence-electron chi connectivity index (χ3n) is 4.41. The molecule has 0 atom stereocenters. The highest BCUT2D eigenvalue weighted by molar-refractivity contribution is 5.66. The lowest BCUT2D eigenvalue weighted by Crippen LogP contribution is -2.39. The number of hydrogen-bond donors (Lipinski definition) is 2. The zero-order valence-corrected chi connectivity index (χ0v) is 16.5. The second-order valence-electron chi connectivity index (χ2n) is 6.19. The predicted octanol–water partition coefficient (Wildman–Crippen LogP) is 1.99. The molecule has 0 spiro atoms. The number of anilines is 3. The minimum atomic E-state index is 0.545. The Labute approximate surface area is 165 Å². The Hall–Kier alpha value is -2.78. The van der Waals surface area contributed by atoms with Crippen LogP contribution in [-0.2, 0) is 4.74 Å². The van der Waals surface area contributed by atoms with E-state index in [2.05, 4.69) is 25.5 Å². The van der Waals surface area contributed by atoms with Crippen LogP contribution in [0.4, 0.5) is 17.5 Å². The van der Waals surface area contributed by atoms with Gasteiger partial charge in [-0.1, -0.05) is 0 Å². The smallest absolute Gasteiger partial charge is 0.224 e. The SMILES string of the molecule is COc1cc(Nc2ccnc(NCCN3CCOCC3)n2)cc(OC)c1OC. The first-order valence-electron chi connectivity index (χ1n) is 9.17. The minimum Gasteiger partial charge on any atom is -0.493 e. The van der Waals surface area contributed by atoms with Crippen molar-refractivity contribution in [3.63, 3.8) is 0 Å². The highest BCUT2D eigenvalue weighted by atomic mass is 16.5. The Morgan fingerprint density at radius 1 is 1.07 bits per heavy atom. The van der Waals surface area contributed by atoms with E-state index < -0.39 is 0 Å². The van der Waals surface area contributed by atoms with Crippen molar-refractivity contribution >= 4 is 17.5 Å². The summed E-state index contributed by atoms with van der Waals surface area (Å²) in [6, 6.07) is 5.46. The van der Waals surface area contributed by atoms with Crippen LogP contribution in [0, 0.1) is 0 Å². The molecule has 3 rings (SSSR count). The molecular weight excluding hydrogens is 362 g/mol. The van der Waals surface area contributed by atoms with E-state index in [1.54, 1.807) is 33.6 Å². The van der Waals surface area contributed by atoms with Crippen LogP contribution >= 0.6 is 0 Å². The van der Waals surface area contributed by atoms with Crippen LogP contribution in [0.5, 0.6) is 17.2 Å². The van der Waals surface area contributed by atoms with Gasteiger partial charge in [0.15, 0.2) is 11.5 Å². The Balaban J connectivity index is 1.63. The lowest BCUT2D eigenvalue weighted by Gasteiger charge is -2.26. The maximum Gasteiger partial charge on any atom is 0.224 e. The largest absolute Gasteiger partial charge is 0.493 e. The van der Waals surface area contributed by atoms with Gasteiger partial charge in [-0.2, -0.15) is 4.98 Å². The molecule has 9 heteroatoms. The van der Waals surface area contributed by atoms with E-state index in [1.807, 2.05) is 12.1 Å². The molecule has 152 valence electrons. The molecule has 2 N–H and O–H groups in total. The van der Waals surface area contributed by atoms with Crippen LogP contribution in [0.1, 0.15) is 0 Å². The summed E-state index contributed by atoms with van der Waals surface area (Å²) in [5, 5.41) is 6.52. The Bertz CT molecular complexity index is 743. The van der Waals surface area contributed by atoms with Crippen molar-refractivity contribution in [3.8, 4) is 17.2 Å². The lowest BCUT2D eigenvalue weighted by atomic mass is 10.2. The molecule has 0 unspecified atom stereocenters. The fourth-order valence-corrected chi connectivity index (χ4v) is 2.97.